The van der Waals surface area contributed by atoms with Gasteiger partial charge in [-0.3, -0.25) is 0 Å². The number of benzene rings is 1. The van der Waals surface area contributed by atoms with Gasteiger partial charge >= 0.3 is 0 Å². The molecule has 0 radical (unpaired) electrons. The molecular formula is C13H21NO2. The van der Waals surface area contributed by atoms with E-state index in [0.717, 1.165) is 5.56 Å². The van der Waals surface area contributed by atoms with Gasteiger partial charge in [-0.25, -0.2) is 0 Å². The Morgan fingerprint density at radius 1 is 1.12 bits per heavy atom. The third kappa shape index (κ3) is 3.26. The third-order valence-electron chi connectivity index (χ3n) is 2.17. The van der Waals surface area contributed by atoms with Gasteiger partial charge in [-0.15, -0.1) is 0 Å². The average Bonchev–Trinajstić information content (AvgIpc) is 2.19. The molecule has 3 N–H and O–H groups in total. The Labute approximate surface area is 97.3 Å². The smallest absolute Gasteiger partial charge is 0.128 e. The van der Waals surface area contributed by atoms with Gasteiger partial charge in [-0.2, -0.15) is 0 Å². The summed E-state index contributed by atoms with van der Waals surface area (Å²) < 4.78 is 0. The van der Waals surface area contributed by atoms with E-state index in [4.69, 9.17) is 5.41 Å². The number of aromatic hydroxyl groups is 2. The van der Waals surface area contributed by atoms with Crippen LogP contribution in [0.5, 0.6) is 11.5 Å². The Morgan fingerprint density at radius 2 is 1.62 bits per heavy atom. The summed E-state index contributed by atoms with van der Waals surface area (Å²) in [4.78, 5) is 0. The molecule has 0 atom stereocenters. The summed E-state index contributed by atoms with van der Waals surface area (Å²) in [6, 6.07) is 2.96. The van der Waals surface area contributed by atoms with Crippen molar-refractivity contribution in [3.8, 4) is 11.5 Å². The summed E-state index contributed by atoms with van der Waals surface area (Å²) >= 11 is 0. The molecule has 0 aliphatic rings. The minimum absolute atomic E-state index is 0.0422. The minimum Gasteiger partial charge on any atom is -0.508 e. The zero-order valence-corrected chi connectivity index (χ0v) is 10.6. The van der Waals surface area contributed by atoms with Gasteiger partial charge in [0.05, 0.1) is 0 Å². The fourth-order valence-corrected chi connectivity index (χ4v) is 1.36. The third-order valence-corrected chi connectivity index (χ3v) is 2.17. The van der Waals surface area contributed by atoms with E-state index in [2.05, 4.69) is 0 Å². The Balaban J connectivity index is 0.00000106. The Morgan fingerprint density at radius 3 is 2.00 bits per heavy atom. The quantitative estimate of drug-likeness (QED) is 0.670. The maximum atomic E-state index is 9.54. The molecule has 0 saturated carbocycles. The number of hydrogen-bond donors (Lipinski definition) is 3. The van der Waals surface area contributed by atoms with Crippen molar-refractivity contribution in [2.75, 3.05) is 0 Å². The molecule has 1 rings (SSSR count). The zero-order chi connectivity index (χ0) is 12.9. The van der Waals surface area contributed by atoms with Crippen molar-refractivity contribution in [1.29, 1.82) is 5.41 Å². The van der Waals surface area contributed by atoms with E-state index >= 15 is 0 Å². The summed E-state index contributed by atoms with van der Waals surface area (Å²) in [7, 11) is 0. The molecule has 0 aliphatic carbocycles. The van der Waals surface area contributed by atoms with Crippen molar-refractivity contribution in [1.82, 2.24) is 0 Å². The summed E-state index contributed by atoms with van der Waals surface area (Å²) in [5.74, 6) is 0.218. The molecule has 0 spiro atoms. The molecule has 0 aliphatic heterocycles. The van der Waals surface area contributed by atoms with E-state index in [-0.39, 0.29) is 17.4 Å². The molecule has 1 aromatic rings. The van der Waals surface area contributed by atoms with Crippen LogP contribution in [0.1, 0.15) is 51.7 Å². The monoisotopic (exact) mass is 223 g/mol. The van der Waals surface area contributed by atoms with Gasteiger partial charge in [0.15, 0.2) is 0 Å². The molecular weight excluding hydrogens is 202 g/mol. The largest absolute Gasteiger partial charge is 0.508 e. The molecule has 1 aromatic carbocycles. The Bertz CT molecular complexity index is 370. The van der Waals surface area contributed by atoms with Crippen LogP contribution >= 0.6 is 0 Å². The first-order valence-corrected chi connectivity index (χ1v) is 5.55. The van der Waals surface area contributed by atoms with E-state index in [1.165, 1.54) is 6.07 Å². The van der Waals surface area contributed by atoms with Crippen LogP contribution in [0, 0.1) is 5.41 Å². The maximum Gasteiger partial charge on any atom is 0.128 e. The summed E-state index contributed by atoms with van der Waals surface area (Å²) in [5.41, 5.74) is 1.53. The van der Waals surface area contributed by atoms with Crippen LogP contribution < -0.4 is 0 Å². The van der Waals surface area contributed by atoms with E-state index < -0.39 is 0 Å². The molecule has 0 bridgehead atoms. The van der Waals surface area contributed by atoms with Crippen molar-refractivity contribution < 1.29 is 10.2 Å². The highest BCUT2D eigenvalue weighted by Gasteiger charge is 2.12. The second-order valence-corrected chi connectivity index (χ2v) is 3.71. The SMILES string of the molecule is CC.CC(=N)c1cc(C(C)C)c(O)cc1O. The van der Waals surface area contributed by atoms with Crippen molar-refractivity contribution in [2.24, 2.45) is 0 Å². The summed E-state index contributed by atoms with van der Waals surface area (Å²) in [6.45, 7) is 9.51. The first-order valence-electron chi connectivity index (χ1n) is 5.55. The van der Waals surface area contributed by atoms with Gasteiger partial charge in [0, 0.05) is 17.3 Å². The highest BCUT2D eigenvalue weighted by Crippen LogP contribution is 2.32. The van der Waals surface area contributed by atoms with Crippen LogP contribution in [0.3, 0.4) is 0 Å². The van der Waals surface area contributed by atoms with Crippen molar-refractivity contribution in [3.05, 3.63) is 23.3 Å². The Kier molecular flexibility index (Phi) is 5.57. The molecule has 0 aromatic heterocycles. The number of phenols is 2. The highest BCUT2D eigenvalue weighted by atomic mass is 16.3. The lowest BCUT2D eigenvalue weighted by Crippen LogP contribution is -1.97. The average molecular weight is 223 g/mol. The van der Waals surface area contributed by atoms with Crippen LogP contribution in [-0.2, 0) is 0 Å². The topological polar surface area (TPSA) is 64.3 Å². The van der Waals surface area contributed by atoms with Crippen molar-refractivity contribution in [3.63, 3.8) is 0 Å². The van der Waals surface area contributed by atoms with E-state index in [1.807, 2.05) is 27.7 Å². The number of rotatable bonds is 2. The van der Waals surface area contributed by atoms with Crippen molar-refractivity contribution in [2.45, 2.75) is 40.5 Å². The van der Waals surface area contributed by atoms with Crippen LogP contribution in [0.25, 0.3) is 0 Å². The number of nitrogens with one attached hydrogen (secondary N) is 1. The van der Waals surface area contributed by atoms with Gasteiger partial charge in [0.2, 0.25) is 0 Å². The lowest BCUT2D eigenvalue weighted by atomic mass is 9.97. The van der Waals surface area contributed by atoms with Gasteiger partial charge in [0.25, 0.3) is 0 Å². The molecule has 3 nitrogen and oxygen atoms in total. The molecule has 3 heteroatoms. The van der Waals surface area contributed by atoms with Gasteiger partial charge < -0.3 is 15.6 Å². The molecule has 0 heterocycles. The number of phenolic OH excluding ortho intramolecular Hbond substituents is 2. The van der Waals surface area contributed by atoms with Gasteiger partial charge in [0.1, 0.15) is 11.5 Å². The van der Waals surface area contributed by atoms with Crippen LogP contribution in [0.15, 0.2) is 12.1 Å². The molecule has 0 unspecified atom stereocenters. The van der Waals surface area contributed by atoms with E-state index in [0.29, 0.717) is 11.3 Å². The molecule has 0 saturated heterocycles. The van der Waals surface area contributed by atoms with E-state index in [1.54, 1.807) is 13.0 Å². The minimum atomic E-state index is -0.0422. The second kappa shape index (κ2) is 6.16. The predicted octanol–water partition coefficient (Wildman–Crippen LogP) is 3.64. The van der Waals surface area contributed by atoms with Crippen molar-refractivity contribution >= 4 is 5.71 Å². The number of hydrogen-bond acceptors (Lipinski definition) is 3. The predicted molar refractivity (Wildman–Crippen MR) is 67.7 cm³/mol. The zero-order valence-electron chi connectivity index (χ0n) is 10.6. The standard InChI is InChI=1S/C11H15NO2.C2H6/c1-6(2)8-4-9(7(3)12)11(14)5-10(8)13;1-2/h4-6,12-14H,1-3H3;1-2H3. The first-order chi connectivity index (χ1) is 7.43. The van der Waals surface area contributed by atoms with E-state index in [9.17, 15) is 10.2 Å². The molecule has 90 valence electrons. The Hall–Kier alpha value is -1.51. The second-order valence-electron chi connectivity index (χ2n) is 3.71. The maximum absolute atomic E-state index is 9.54. The van der Waals surface area contributed by atoms with Crippen LogP contribution in [0.2, 0.25) is 0 Å². The van der Waals surface area contributed by atoms with Crippen LogP contribution in [0.4, 0.5) is 0 Å². The lowest BCUT2D eigenvalue weighted by molar-refractivity contribution is 0.443. The molecule has 0 fully saturated rings. The van der Waals surface area contributed by atoms with Gasteiger partial charge in [-0.05, 0) is 24.5 Å². The first kappa shape index (κ1) is 14.5. The normalized spacial score (nSPS) is 9.62. The van der Waals surface area contributed by atoms with Gasteiger partial charge in [-0.1, -0.05) is 27.7 Å². The molecule has 0 amide bonds. The summed E-state index contributed by atoms with van der Waals surface area (Å²) in [5, 5.41) is 26.4. The summed E-state index contributed by atoms with van der Waals surface area (Å²) in [6.07, 6.45) is 0. The molecule has 16 heavy (non-hydrogen) atoms. The fraction of sp³-hybridized carbons (Fsp3) is 0.462. The lowest BCUT2D eigenvalue weighted by Gasteiger charge is -2.11. The van der Waals surface area contributed by atoms with Crippen LogP contribution in [-0.4, -0.2) is 15.9 Å². The highest BCUT2D eigenvalue weighted by molar-refractivity contribution is 5.99. The fourth-order valence-electron chi connectivity index (χ4n) is 1.36.